The molecule has 2 N–H and O–H groups in total. The van der Waals surface area contributed by atoms with Crippen LogP contribution in [0.3, 0.4) is 0 Å². The zero-order chi connectivity index (χ0) is 15.3. The van der Waals surface area contributed by atoms with Gasteiger partial charge in [0.05, 0.1) is 0 Å². The van der Waals surface area contributed by atoms with Crippen molar-refractivity contribution in [2.75, 3.05) is 0 Å². The van der Waals surface area contributed by atoms with Crippen molar-refractivity contribution < 1.29 is 19.8 Å². The summed E-state index contributed by atoms with van der Waals surface area (Å²) in [6, 6.07) is 0. The van der Waals surface area contributed by atoms with E-state index in [-0.39, 0.29) is 0 Å². The van der Waals surface area contributed by atoms with E-state index in [2.05, 4.69) is 23.7 Å². The summed E-state index contributed by atoms with van der Waals surface area (Å²) in [6.07, 6.45) is 6.89. The summed E-state index contributed by atoms with van der Waals surface area (Å²) in [7, 11) is 0. The van der Waals surface area contributed by atoms with E-state index in [0.717, 1.165) is 0 Å². The molecule has 0 aliphatic rings. The Kier molecular flexibility index (Phi) is 13.7. The average molecular weight is 379 g/mol. The van der Waals surface area contributed by atoms with Gasteiger partial charge >= 0.3 is 88.6 Å². The van der Waals surface area contributed by atoms with Gasteiger partial charge in [-0.05, 0) is 0 Å². The Morgan fingerprint density at radius 1 is 0.895 bits per heavy atom. The number of rotatable bonds is 8. The van der Waals surface area contributed by atoms with Crippen molar-refractivity contribution in [1.82, 2.24) is 0 Å². The first-order chi connectivity index (χ1) is 8.75. The Morgan fingerprint density at radius 3 is 1.42 bits per heavy atom. The molecule has 0 spiro atoms. The van der Waals surface area contributed by atoms with E-state index in [9.17, 15) is 9.59 Å². The number of carbonyl (C=O) groups is 2. The molecule has 19 heavy (non-hydrogen) atoms. The molecule has 0 aliphatic heterocycles. The minimum atomic E-state index is -1.44. The van der Waals surface area contributed by atoms with Crippen molar-refractivity contribution in [3.8, 4) is 0 Å². The van der Waals surface area contributed by atoms with Gasteiger partial charge in [0.2, 0.25) is 0 Å². The summed E-state index contributed by atoms with van der Waals surface area (Å²) in [6.45, 7) is 4.61. The summed E-state index contributed by atoms with van der Waals surface area (Å²) in [4.78, 5) is 24.3. The van der Waals surface area contributed by atoms with E-state index < -0.39 is 30.3 Å². The van der Waals surface area contributed by atoms with Crippen LogP contribution in [0.4, 0.5) is 0 Å². The van der Waals surface area contributed by atoms with Crippen LogP contribution in [0.15, 0.2) is 12.2 Å². The summed E-state index contributed by atoms with van der Waals surface area (Å²) >= 11 is -1.44. The SMILES string of the molecule is CCC[CH2][Sn]([CH3])([CH3])[CH2]CCC.O=C(O)/C=C\C(=O)O. The van der Waals surface area contributed by atoms with Gasteiger partial charge in [0.25, 0.3) is 0 Å². The van der Waals surface area contributed by atoms with E-state index in [1.54, 1.807) is 8.87 Å². The van der Waals surface area contributed by atoms with Crippen LogP contribution in [0.25, 0.3) is 0 Å². The van der Waals surface area contributed by atoms with Gasteiger partial charge in [-0.2, -0.15) is 0 Å². The third kappa shape index (κ3) is 20.0. The van der Waals surface area contributed by atoms with Gasteiger partial charge in [0.15, 0.2) is 0 Å². The van der Waals surface area contributed by atoms with E-state index in [1.807, 2.05) is 0 Å². The van der Waals surface area contributed by atoms with Crippen molar-refractivity contribution >= 4 is 30.3 Å². The predicted molar refractivity (Wildman–Crippen MR) is 81.3 cm³/mol. The van der Waals surface area contributed by atoms with Gasteiger partial charge in [-0.25, -0.2) is 9.59 Å². The molecule has 0 amide bonds. The number of aliphatic carboxylic acids is 2. The molecule has 0 aromatic carbocycles. The molecule has 0 aromatic heterocycles. The van der Waals surface area contributed by atoms with Crippen molar-refractivity contribution in [2.45, 2.75) is 58.3 Å². The fraction of sp³-hybridized carbons (Fsp3) is 0.714. The first kappa shape index (κ1) is 20.8. The number of hydrogen-bond donors (Lipinski definition) is 2. The second-order valence-corrected chi connectivity index (χ2v) is 20.6. The zero-order valence-electron chi connectivity index (χ0n) is 12.6. The molecule has 112 valence electrons. The van der Waals surface area contributed by atoms with Crippen molar-refractivity contribution in [1.29, 1.82) is 0 Å². The molecule has 0 rings (SSSR count). The summed E-state index contributed by atoms with van der Waals surface area (Å²) in [5.41, 5.74) is 0. The molecule has 0 saturated carbocycles. The van der Waals surface area contributed by atoms with E-state index in [4.69, 9.17) is 10.2 Å². The van der Waals surface area contributed by atoms with Gasteiger partial charge in [-0.15, -0.1) is 0 Å². The average Bonchev–Trinajstić information content (AvgIpc) is 2.32. The summed E-state index contributed by atoms with van der Waals surface area (Å²) < 4.78 is 3.23. The Hall–Kier alpha value is -0.521. The Bertz CT molecular complexity index is 259. The van der Waals surface area contributed by atoms with Crippen LogP contribution < -0.4 is 0 Å². The van der Waals surface area contributed by atoms with Gasteiger partial charge < -0.3 is 10.2 Å². The number of carboxylic acids is 2. The predicted octanol–water partition coefficient (Wildman–Crippen LogP) is 4.01. The molecular formula is C14H28O4Sn. The maximum absolute atomic E-state index is 9.55. The summed E-state index contributed by atoms with van der Waals surface area (Å²) in [5.74, 6) is -2.51. The Labute approximate surface area is 120 Å². The van der Waals surface area contributed by atoms with Crippen LogP contribution in [0.5, 0.6) is 0 Å². The normalized spacial score (nSPS) is 10.9. The zero-order valence-corrected chi connectivity index (χ0v) is 15.5. The van der Waals surface area contributed by atoms with Crippen LogP contribution in [0.2, 0.25) is 18.8 Å². The fourth-order valence-electron chi connectivity index (χ4n) is 1.58. The van der Waals surface area contributed by atoms with Crippen LogP contribution in [-0.2, 0) is 9.59 Å². The maximum atomic E-state index is 9.55. The van der Waals surface area contributed by atoms with Crippen LogP contribution in [-0.4, -0.2) is 40.5 Å². The van der Waals surface area contributed by atoms with Gasteiger partial charge in [-0.3, -0.25) is 0 Å². The number of carboxylic acid groups (broad SMARTS) is 2. The van der Waals surface area contributed by atoms with E-state index >= 15 is 0 Å². The van der Waals surface area contributed by atoms with Crippen molar-refractivity contribution in [2.24, 2.45) is 0 Å². The number of unbranched alkanes of at least 4 members (excludes halogenated alkanes) is 2. The fourth-order valence-corrected chi connectivity index (χ4v) is 9.77. The molecule has 5 heteroatoms. The summed E-state index contributed by atoms with van der Waals surface area (Å²) in [5, 5.41) is 15.6. The largest absolute Gasteiger partial charge is 0.478 e. The van der Waals surface area contributed by atoms with Gasteiger partial charge in [0.1, 0.15) is 0 Å². The number of hydrogen-bond acceptors (Lipinski definition) is 2. The Morgan fingerprint density at radius 2 is 1.21 bits per heavy atom. The van der Waals surface area contributed by atoms with Gasteiger partial charge in [0, 0.05) is 12.2 Å². The van der Waals surface area contributed by atoms with E-state index in [0.29, 0.717) is 12.2 Å². The molecule has 0 bridgehead atoms. The molecule has 0 saturated heterocycles. The quantitative estimate of drug-likeness (QED) is 0.494. The van der Waals surface area contributed by atoms with Crippen LogP contribution in [0, 0.1) is 0 Å². The molecule has 4 nitrogen and oxygen atoms in total. The smallest absolute Gasteiger partial charge is 0.328 e. The monoisotopic (exact) mass is 380 g/mol. The molecule has 0 unspecified atom stereocenters. The van der Waals surface area contributed by atoms with Crippen LogP contribution >= 0.6 is 0 Å². The topological polar surface area (TPSA) is 74.6 Å². The second-order valence-electron chi connectivity index (χ2n) is 5.38. The molecule has 0 heterocycles. The molecule has 0 aliphatic carbocycles. The second kappa shape index (κ2) is 12.5. The first-order valence-corrected chi connectivity index (χ1v) is 16.6. The molecule has 0 aromatic rings. The molecule has 0 atom stereocenters. The van der Waals surface area contributed by atoms with Crippen LogP contribution in [0.1, 0.15) is 39.5 Å². The van der Waals surface area contributed by atoms with Crippen molar-refractivity contribution in [3.05, 3.63) is 12.2 Å². The van der Waals surface area contributed by atoms with E-state index in [1.165, 1.54) is 25.7 Å². The molecule has 0 radical (unpaired) electrons. The molecule has 0 fully saturated rings. The van der Waals surface area contributed by atoms with Gasteiger partial charge in [-0.1, -0.05) is 0 Å². The maximum Gasteiger partial charge on any atom is 0.328 e. The first-order valence-electron chi connectivity index (χ1n) is 6.89. The minimum Gasteiger partial charge on any atom is -0.478 e. The third-order valence-electron chi connectivity index (χ3n) is 2.78. The minimum absolute atomic E-state index is 0.558. The van der Waals surface area contributed by atoms with Crippen molar-refractivity contribution in [3.63, 3.8) is 0 Å². The third-order valence-corrected chi connectivity index (χ3v) is 12.5. The molecular weight excluding hydrogens is 351 g/mol. The Balaban J connectivity index is 0. The standard InChI is InChI=1S/C4H4O4.2C4H9.2CH3.Sn/c5-3(6)1-2-4(7)8;2*1-3-4-2;;;/h1-2H,(H,5,6)(H,7,8);2*1,3-4H2,2H3;2*1H3;/b2-1-;;;;;.